The van der Waals surface area contributed by atoms with Gasteiger partial charge in [0.15, 0.2) is 0 Å². The van der Waals surface area contributed by atoms with Crippen LogP contribution in [0.2, 0.25) is 0 Å². The fraction of sp³-hybridized carbons (Fsp3) is 0.600. The number of carbonyl (C=O) groups is 2. The van der Waals surface area contributed by atoms with E-state index >= 15 is 0 Å². The van der Waals surface area contributed by atoms with Crippen molar-refractivity contribution in [1.29, 1.82) is 0 Å². The molecule has 1 aromatic carbocycles. The van der Waals surface area contributed by atoms with Crippen LogP contribution in [0.15, 0.2) is 30.3 Å². The van der Waals surface area contributed by atoms with Crippen molar-refractivity contribution in [3.63, 3.8) is 0 Å². The average Bonchev–Trinajstić information content (AvgIpc) is 2.58. The second-order valence-electron chi connectivity index (χ2n) is 6.31. The Kier molecular flexibility index (Phi) is 14.9. The summed E-state index contributed by atoms with van der Waals surface area (Å²) in [5.41, 5.74) is 0.540. The molecule has 1 atom stereocenters. The van der Waals surface area contributed by atoms with Crippen LogP contribution >= 0.6 is 0 Å². The van der Waals surface area contributed by atoms with Crippen LogP contribution in [0.5, 0.6) is 0 Å². The second-order valence-corrected chi connectivity index (χ2v) is 6.31. The first-order valence-corrected chi connectivity index (χ1v) is 9.20. The molecule has 0 unspecified atom stereocenters. The summed E-state index contributed by atoms with van der Waals surface area (Å²) in [4.78, 5) is 23.2. The number of nitrogens with one attached hydrogen (secondary N) is 1. The molecule has 25 heavy (non-hydrogen) atoms. The van der Waals surface area contributed by atoms with E-state index in [1.54, 1.807) is 30.3 Å². The van der Waals surface area contributed by atoms with Crippen LogP contribution in [0.1, 0.15) is 82.7 Å². The van der Waals surface area contributed by atoms with Gasteiger partial charge in [-0.2, -0.15) is 0 Å². The van der Waals surface area contributed by atoms with E-state index in [0.29, 0.717) is 12.0 Å². The van der Waals surface area contributed by atoms with E-state index in [1.807, 2.05) is 0 Å². The number of carbonyl (C=O) groups excluding carboxylic acids is 2. The van der Waals surface area contributed by atoms with Gasteiger partial charge in [-0.15, -0.1) is 0 Å². The van der Waals surface area contributed by atoms with Gasteiger partial charge >= 0.3 is 29.6 Å². The molecule has 0 aromatic heterocycles. The van der Waals surface area contributed by atoms with Crippen molar-refractivity contribution in [1.82, 2.24) is 5.32 Å². The summed E-state index contributed by atoms with van der Waals surface area (Å²) in [6, 6.07) is 7.59. The predicted octanol–water partition coefficient (Wildman–Crippen LogP) is 0.519. The second kappa shape index (κ2) is 15.4. The molecule has 0 radical (unpaired) electrons. The molecule has 0 aliphatic heterocycles. The number of hydrogen-bond acceptors (Lipinski definition) is 3. The summed E-state index contributed by atoms with van der Waals surface area (Å²) in [5.74, 6) is -1.50. The molecular formula is C20H30NNaO3. The van der Waals surface area contributed by atoms with Crippen LogP contribution in [0.25, 0.3) is 0 Å². The van der Waals surface area contributed by atoms with Crippen LogP contribution in [-0.4, -0.2) is 11.9 Å². The van der Waals surface area contributed by atoms with Crippen molar-refractivity contribution < 1.29 is 44.3 Å². The fourth-order valence-corrected chi connectivity index (χ4v) is 2.75. The standard InChI is InChI=1S/C20H31NO3.Na/c1-2-3-4-5-6-7-8-9-13-16-18(22)21-19(20(23)24)17-14-11-10-12-15-17;/h10-12,14-15,19H,2-9,13,16H2,1H3,(H,21,22)(H,23,24);/q;+1/p-1/t19-;/m0./s1. The molecule has 1 N–H and O–H groups in total. The van der Waals surface area contributed by atoms with Crippen LogP contribution < -0.4 is 40.0 Å². The monoisotopic (exact) mass is 355 g/mol. The third-order valence-electron chi connectivity index (χ3n) is 4.18. The Morgan fingerprint density at radius 3 is 1.96 bits per heavy atom. The SMILES string of the molecule is CCCCCCCCCCCC(=O)N[C@H](C(=O)[O-])c1ccccc1.[Na+]. The van der Waals surface area contributed by atoms with Crippen molar-refractivity contribution in [2.45, 2.75) is 77.2 Å². The minimum atomic E-state index is -1.28. The average molecular weight is 355 g/mol. The quantitative estimate of drug-likeness (QED) is 0.414. The van der Waals surface area contributed by atoms with Crippen LogP contribution in [0, 0.1) is 0 Å². The maximum Gasteiger partial charge on any atom is 1.00 e. The maximum atomic E-state index is 11.9. The number of benzene rings is 1. The number of hydrogen-bond donors (Lipinski definition) is 1. The third-order valence-corrected chi connectivity index (χ3v) is 4.18. The third kappa shape index (κ3) is 11.4. The van der Waals surface area contributed by atoms with E-state index in [0.717, 1.165) is 19.3 Å². The molecule has 1 rings (SSSR count). The maximum absolute atomic E-state index is 11.9. The van der Waals surface area contributed by atoms with Crippen molar-refractivity contribution >= 4 is 11.9 Å². The fourth-order valence-electron chi connectivity index (χ4n) is 2.75. The summed E-state index contributed by atoms with van der Waals surface area (Å²) >= 11 is 0. The van der Waals surface area contributed by atoms with Gasteiger partial charge in [-0.1, -0.05) is 88.6 Å². The molecule has 4 nitrogen and oxygen atoms in total. The summed E-state index contributed by atoms with van der Waals surface area (Å²) in [5, 5.41) is 13.8. The summed E-state index contributed by atoms with van der Waals surface area (Å²) in [6.45, 7) is 2.22. The number of carboxylic acids is 1. The molecule has 0 aliphatic carbocycles. The first kappa shape index (κ1) is 24.2. The van der Waals surface area contributed by atoms with Gasteiger partial charge in [0.1, 0.15) is 0 Å². The zero-order valence-corrected chi connectivity index (χ0v) is 17.8. The molecule has 5 heteroatoms. The van der Waals surface area contributed by atoms with Crippen molar-refractivity contribution in [2.75, 3.05) is 0 Å². The largest absolute Gasteiger partial charge is 1.00 e. The first-order chi connectivity index (χ1) is 11.6. The van der Waals surface area contributed by atoms with Gasteiger partial charge in [0, 0.05) is 6.42 Å². The number of carboxylic acid groups (broad SMARTS) is 1. The normalized spacial score (nSPS) is 11.4. The van der Waals surface area contributed by atoms with Crippen molar-refractivity contribution in [3.05, 3.63) is 35.9 Å². The van der Waals surface area contributed by atoms with E-state index in [9.17, 15) is 14.7 Å². The van der Waals surface area contributed by atoms with Gasteiger partial charge in [0.25, 0.3) is 0 Å². The molecule has 0 saturated carbocycles. The molecule has 0 heterocycles. The van der Waals surface area contributed by atoms with Gasteiger partial charge < -0.3 is 15.2 Å². The summed E-state index contributed by atoms with van der Waals surface area (Å²) in [7, 11) is 0. The van der Waals surface area contributed by atoms with Crippen LogP contribution in [0.4, 0.5) is 0 Å². The molecule has 0 aliphatic rings. The molecule has 0 spiro atoms. The van der Waals surface area contributed by atoms with E-state index < -0.39 is 12.0 Å². The Bertz CT molecular complexity index is 479. The van der Waals surface area contributed by atoms with Gasteiger partial charge in [0.2, 0.25) is 5.91 Å². The van der Waals surface area contributed by atoms with Crippen molar-refractivity contribution in [3.8, 4) is 0 Å². The number of unbranched alkanes of at least 4 members (excludes halogenated alkanes) is 8. The van der Waals surface area contributed by atoms with Gasteiger partial charge in [-0.3, -0.25) is 4.79 Å². The molecular weight excluding hydrogens is 325 g/mol. The van der Waals surface area contributed by atoms with Crippen LogP contribution in [0.3, 0.4) is 0 Å². The minimum absolute atomic E-state index is 0. The van der Waals surface area contributed by atoms with E-state index in [1.165, 1.54) is 38.5 Å². The molecule has 0 bridgehead atoms. The Morgan fingerprint density at radius 2 is 1.44 bits per heavy atom. The van der Waals surface area contributed by atoms with Gasteiger partial charge in [-0.25, -0.2) is 0 Å². The summed E-state index contributed by atoms with van der Waals surface area (Å²) < 4.78 is 0. The van der Waals surface area contributed by atoms with E-state index in [4.69, 9.17) is 0 Å². The topological polar surface area (TPSA) is 69.2 Å². The first-order valence-electron chi connectivity index (χ1n) is 9.20. The Balaban J connectivity index is 0.00000576. The Morgan fingerprint density at radius 1 is 0.920 bits per heavy atom. The van der Waals surface area contributed by atoms with Crippen molar-refractivity contribution in [2.24, 2.45) is 0 Å². The summed E-state index contributed by atoms with van der Waals surface area (Å²) in [6.07, 6.45) is 11.0. The number of rotatable bonds is 13. The zero-order valence-electron chi connectivity index (χ0n) is 15.8. The molecule has 1 amide bonds. The van der Waals surface area contributed by atoms with Crippen LogP contribution in [-0.2, 0) is 9.59 Å². The van der Waals surface area contributed by atoms with Gasteiger partial charge in [-0.05, 0) is 12.0 Å². The zero-order chi connectivity index (χ0) is 17.6. The van der Waals surface area contributed by atoms with E-state index in [2.05, 4.69) is 12.2 Å². The predicted molar refractivity (Wildman–Crippen MR) is 94.2 cm³/mol. The smallest absolute Gasteiger partial charge is 0.548 e. The Hall–Kier alpha value is -0.840. The molecule has 0 fully saturated rings. The van der Waals surface area contributed by atoms with E-state index in [-0.39, 0.29) is 35.5 Å². The molecule has 0 saturated heterocycles. The number of amides is 1. The minimum Gasteiger partial charge on any atom is -0.548 e. The number of aliphatic carboxylic acids is 1. The molecule has 134 valence electrons. The molecule has 1 aromatic rings. The van der Waals surface area contributed by atoms with Gasteiger partial charge in [0.05, 0.1) is 12.0 Å². The Labute approximate surface area is 174 Å².